The Labute approximate surface area is 122 Å². The smallest absolute Gasteiger partial charge is 0.139 e. The molecule has 0 aromatic carbocycles. The van der Waals surface area contributed by atoms with Crippen LogP contribution >= 0.6 is 0 Å². The second kappa shape index (κ2) is 8.80. The Hall–Kier alpha value is -1.29. The molecule has 0 atom stereocenters. The zero-order chi connectivity index (χ0) is 14.0. The summed E-state index contributed by atoms with van der Waals surface area (Å²) in [5, 5.41) is 3.42. The van der Waals surface area contributed by atoms with Crippen molar-refractivity contribution in [2.75, 3.05) is 37.7 Å². The van der Waals surface area contributed by atoms with Crippen molar-refractivity contribution < 1.29 is 4.74 Å². The van der Waals surface area contributed by atoms with Gasteiger partial charge in [-0.05, 0) is 19.4 Å². The molecule has 1 saturated heterocycles. The molecular weight excluding hydrogens is 250 g/mol. The predicted molar refractivity (Wildman–Crippen MR) is 83.6 cm³/mol. The molecule has 0 radical (unpaired) electrons. The highest BCUT2D eigenvalue weighted by Gasteiger charge is 2.10. The van der Waals surface area contributed by atoms with E-state index >= 15 is 0 Å². The number of aromatic nitrogens is 1. The van der Waals surface area contributed by atoms with E-state index in [1.807, 2.05) is 12.4 Å². The Morgan fingerprint density at radius 3 is 3.05 bits per heavy atom. The minimum atomic E-state index is 0.798. The fourth-order valence-corrected chi connectivity index (χ4v) is 2.48. The molecule has 1 aromatic rings. The third kappa shape index (κ3) is 5.00. The van der Waals surface area contributed by atoms with E-state index in [2.05, 4.69) is 28.2 Å². The van der Waals surface area contributed by atoms with E-state index in [0.717, 1.165) is 45.0 Å². The maximum absolute atomic E-state index is 5.81. The van der Waals surface area contributed by atoms with E-state index in [1.165, 1.54) is 31.4 Å². The van der Waals surface area contributed by atoms with Crippen molar-refractivity contribution in [2.24, 2.45) is 0 Å². The lowest BCUT2D eigenvalue weighted by Crippen LogP contribution is -2.27. The number of rotatable bonds is 7. The SMILES string of the molecule is CCCCCCOc1cncc(N2CCCNCC2)c1. The van der Waals surface area contributed by atoms with Gasteiger partial charge in [0.25, 0.3) is 0 Å². The summed E-state index contributed by atoms with van der Waals surface area (Å²) in [5.74, 6) is 0.899. The molecule has 0 amide bonds. The van der Waals surface area contributed by atoms with Gasteiger partial charge < -0.3 is 15.0 Å². The first-order valence-electron chi connectivity index (χ1n) is 7.93. The predicted octanol–water partition coefficient (Wildman–Crippen LogP) is 2.84. The number of unbranched alkanes of at least 4 members (excludes halogenated alkanes) is 3. The van der Waals surface area contributed by atoms with Gasteiger partial charge in [-0.15, -0.1) is 0 Å². The summed E-state index contributed by atoms with van der Waals surface area (Å²) >= 11 is 0. The number of nitrogens with one attached hydrogen (secondary N) is 1. The third-order valence-corrected chi connectivity index (χ3v) is 3.67. The summed E-state index contributed by atoms with van der Waals surface area (Å²) in [6.45, 7) is 7.31. The summed E-state index contributed by atoms with van der Waals surface area (Å²) in [4.78, 5) is 6.70. The zero-order valence-corrected chi connectivity index (χ0v) is 12.6. The average molecular weight is 277 g/mol. The molecule has 1 N–H and O–H groups in total. The minimum absolute atomic E-state index is 0.798. The van der Waals surface area contributed by atoms with Crippen molar-refractivity contribution >= 4 is 5.69 Å². The van der Waals surface area contributed by atoms with Crippen molar-refractivity contribution in [3.8, 4) is 5.75 Å². The minimum Gasteiger partial charge on any atom is -0.492 e. The van der Waals surface area contributed by atoms with Gasteiger partial charge in [0.05, 0.1) is 24.7 Å². The zero-order valence-electron chi connectivity index (χ0n) is 12.6. The van der Waals surface area contributed by atoms with Gasteiger partial charge in [-0.1, -0.05) is 26.2 Å². The second-order valence-electron chi connectivity index (χ2n) is 5.38. The van der Waals surface area contributed by atoms with Gasteiger partial charge in [-0.25, -0.2) is 0 Å². The van der Waals surface area contributed by atoms with Crippen LogP contribution in [0.15, 0.2) is 18.5 Å². The quantitative estimate of drug-likeness (QED) is 0.778. The second-order valence-corrected chi connectivity index (χ2v) is 5.38. The Balaban J connectivity index is 1.83. The molecule has 112 valence electrons. The Morgan fingerprint density at radius 1 is 1.20 bits per heavy atom. The highest BCUT2D eigenvalue weighted by molar-refractivity contribution is 5.48. The number of hydrogen-bond donors (Lipinski definition) is 1. The fraction of sp³-hybridized carbons (Fsp3) is 0.688. The Morgan fingerprint density at radius 2 is 2.15 bits per heavy atom. The Kier molecular flexibility index (Phi) is 6.64. The van der Waals surface area contributed by atoms with Crippen LogP contribution in [-0.2, 0) is 0 Å². The first kappa shape index (κ1) is 15.1. The van der Waals surface area contributed by atoms with Crippen LogP contribution in [0, 0.1) is 0 Å². The van der Waals surface area contributed by atoms with Crippen LogP contribution in [0.3, 0.4) is 0 Å². The normalized spacial score (nSPS) is 15.9. The van der Waals surface area contributed by atoms with Gasteiger partial charge in [0.2, 0.25) is 0 Å². The largest absolute Gasteiger partial charge is 0.492 e. The molecule has 2 heterocycles. The first-order chi connectivity index (χ1) is 9.90. The van der Waals surface area contributed by atoms with Crippen LogP contribution in [0.4, 0.5) is 5.69 Å². The van der Waals surface area contributed by atoms with E-state index in [9.17, 15) is 0 Å². The maximum Gasteiger partial charge on any atom is 0.139 e. The molecule has 0 spiro atoms. The summed E-state index contributed by atoms with van der Waals surface area (Å²) in [6, 6.07) is 2.12. The third-order valence-electron chi connectivity index (χ3n) is 3.67. The summed E-state index contributed by atoms with van der Waals surface area (Å²) < 4.78 is 5.81. The highest BCUT2D eigenvalue weighted by atomic mass is 16.5. The van der Waals surface area contributed by atoms with Crippen LogP contribution < -0.4 is 15.0 Å². The molecule has 20 heavy (non-hydrogen) atoms. The van der Waals surface area contributed by atoms with Crippen LogP contribution in [0.25, 0.3) is 0 Å². The van der Waals surface area contributed by atoms with Crippen LogP contribution in [0.2, 0.25) is 0 Å². The number of nitrogens with zero attached hydrogens (tertiary/aromatic N) is 2. The van der Waals surface area contributed by atoms with Gasteiger partial charge >= 0.3 is 0 Å². The topological polar surface area (TPSA) is 37.4 Å². The lowest BCUT2D eigenvalue weighted by Gasteiger charge is -2.22. The lowest BCUT2D eigenvalue weighted by molar-refractivity contribution is 0.304. The molecule has 0 unspecified atom stereocenters. The number of ether oxygens (including phenoxy) is 1. The van der Waals surface area contributed by atoms with Crippen molar-refractivity contribution in [2.45, 2.75) is 39.0 Å². The molecule has 0 bridgehead atoms. The standard InChI is InChI=1S/C16H27N3O/c1-2-3-4-5-11-20-16-12-15(13-18-14-16)19-9-6-7-17-8-10-19/h12-14,17H,2-11H2,1H3. The van der Waals surface area contributed by atoms with Gasteiger partial charge in [0, 0.05) is 25.7 Å². The van der Waals surface area contributed by atoms with Crippen molar-refractivity contribution in [1.29, 1.82) is 0 Å². The fourth-order valence-electron chi connectivity index (χ4n) is 2.48. The maximum atomic E-state index is 5.81. The van der Waals surface area contributed by atoms with E-state index in [4.69, 9.17) is 4.74 Å². The summed E-state index contributed by atoms with van der Waals surface area (Å²) in [6.07, 6.45) is 9.88. The van der Waals surface area contributed by atoms with Gasteiger partial charge in [-0.2, -0.15) is 0 Å². The first-order valence-corrected chi connectivity index (χ1v) is 7.93. The summed E-state index contributed by atoms with van der Waals surface area (Å²) in [5.41, 5.74) is 1.18. The Bertz CT molecular complexity index is 376. The molecular formula is C16H27N3O. The van der Waals surface area contributed by atoms with Crippen LogP contribution in [-0.4, -0.2) is 37.8 Å². The molecule has 0 saturated carbocycles. The molecule has 1 fully saturated rings. The molecule has 1 aromatic heterocycles. The van der Waals surface area contributed by atoms with Crippen LogP contribution in [0.1, 0.15) is 39.0 Å². The van der Waals surface area contributed by atoms with E-state index in [0.29, 0.717) is 0 Å². The summed E-state index contributed by atoms with van der Waals surface area (Å²) in [7, 11) is 0. The van der Waals surface area contributed by atoms with Crippen molar-refractivity contribution in [3.05, 3.63) is 18.5 Å². The highest BCUT2D eigenvalue weighted by Crippen LogP contribution is 2.20. The average Bonchev–Trinajstić information content (AvgIpc) is 2.76. The van der Waals surface area contributed by atoms with E-state index < -0.39 is 0 Å². The molecule has 0 aliphatic carbocycles. The number of anilines is 1. The van der Waals surface area contributed by atoms with Crippen molar-refractivity contribution in [3.63, 3.8) is 0 Å². The molecule has 1 aliphatic rings. The lowest BCUT2D eigenvalue weighted by atomic mass is 10.2. The number of pyridine rings is 1. The van der Waals surface area contributed by atoms with Gasteiger partial charge in [0.15, 0.2) is 0 Å². The van der Waals surface area contributed by atoms with Crippen LogP contribution in [0.5, 0.6) is 5.75 Å². The van der Waals surface area contributed by atoms with E-state index in [-0.39, 0.29) is 0 Å². The number of hydrogen-bond acceptors (Lipinski definition) is 4. The monoisotopic (exact) mass is 277 g/mol. The molecule has 4 nitrogen and oxygen atoms in total. The van der Waals surface area contributed by atoms with Gasteiger partial charge in [-0.3, -0.25) is 4.98 Å². The molecule has 4 heteroatoms. The van der Waals surface area contributed by atoms with Crippen molar-refractivity contribution in [1.82, 2.24) is 10.3 Å². The molecule has 2 rings (SSSR count). The van der Waals surface area contributed by atoms with Gasteiger partial charge in [0.1, 0.15) is 5.75 Å². The van der Waals surface area contributed by atoms with E-state index in [1.54, 1.807) is 0 Å². The molecule has 1 aliphatic heterocycles.